The number of fused-ring (bicyclic) bond motifs is 1. The first-order chi connectivity index (χ1) is 11.4. The van der Waals surface area contributed by atoms with Crippen molar-refractivity contribution in [1.82, 2.24) is 0 Å². The summed E-state index contributed by atoms with van der Waals surface area (Å²) < 4.78 is 5.77. The lowest BCUT2D eigenvalue weighted by atomic mass is 9.47. The third kappa shape index (κ3) is 4.02. The van der Waals surface area contributed by atoms with Gasteiger partial charge in [0.15, 0.2) is 0 Å². The van der Waals surface area contributed by atoms with E-state index in [2.05, 4.69) is 40.3 Å². The highest BCUT2D eigenvalue weighted by Crippen LogP contribution is 2.61. The molecule has 5 atom stereocenters. The molecule has 5 unspecified atom stereocenters. The second-order valence-corrected chi connectivity index (χ2v) is 9.46. The maximum Gasteiger partial charge on any atom is 0.303 e. The van der Waals surface area contributed by atoms with Gasteiger partial charge in [0.2, 0.25) is 0 Å². The Morgan fingerprint density at radius 3 is 2.64 bits per heavy atom. The van der Waals surface area contributed by atoms with E-state index in [1.54, 1.807) is 6.08 Å². The summed E-state index contributed by atoms with van der Waals surface area (Å²) in [6.45, 7) is 16.3. The second kappa shape index (κ2) is 6.90. The van der Waals surface area contributed by atoms with Crippen LogP contribution < -0.4 is 0 Å². The molecule has 0 aromatic carbocycles. The number of allylic oxidation sites excluding steroid dienone is 1. The van der Waals surface area contributed by atoms with Gasteiger partial charge in [0.1, 0.15) is 6.10 Å². The van der Waals surface area contributed by atoms with Gasteiger partial charge in [-0.05, 0) is 62.4 Å². The van der Waals surface area contributed by atoms with Crippen molar-refractivity contribution in [2.24, 2.45) is 22.7 Å². The molecule has 1 N–H and O–H groups in total. The van der Waals surface area contributed by atoms with Crippen LogP contribution in [0.2, 0.25) is 0 Å². The molecular formula is C22H36O3. The average Bonchev–Trinajstić information content (AvgIpc) is 2.44. The van der Waals surface area contributed by atoms with Crippen LogP contribution in [0.15, 0.2) is 24.3 Å². The zero-order chi connectivity index (χ0) is 19.0. The Morgan fingerprint density at radius 1 is 1.44 bits per heavy atom. The molecule has 0 heterocycles. The predicted octanol–water partition coefficient (Wildman–Crippen LogP) is 5.04. The van der Waals surface area contributed by atoms with E-state index >= 15 is 0 Å². The number of ether oxygens (including phenoxy) is 1. The van der Waals surface area contributed by atoms with Crippen molar-refractivity contribution in [3.63, 3.8) is 0 Å². The topological polar surface area (TPSA) is 46.5 Å². The van der Waals surface area contributed by atoms with E-state index in [-0.39, 0.29) is 22.9 Å². The zero-order valence-corrected chi connectivity index (χ0v) is 16.9. The number of rotatable bonds is 5. The van der Waals surface area contributed by atoms with Crippen LogP contribution in [0.5, 0.6) is 0 Å². The van der Waals surface area contributed by atoms with Crippen molar-refractivity contribution in [3.05, 3.63) is 24.3 Å². The van der Waals surface area contributed by atoms with E-state index < -0.39 is 5.60 Å². The Bertz CT molecular complexity index is 558. The van der Waals surface area contributed by atoms with Crippen molar-refractivity contribution in [3.8, 4) is 0 Å². The van der Waals surface area contributed by atoms with Gasteiger partial charge in [-0.2, -0.15) is 0 Å². The molecule has 0 radical (unpaired) electrons. The Balaban J connectivity index is 2.40. The summed E-state index contributed by atoms with van der Waals surface area (Å²) in [5.41, 5.74) is 0.674. The molecule has 142 valence electrons. The molecule has 25 heavy (non-hydrogen) atoms. The van der Waals surface area contributed by atoms with Crippen LogP contribution in [0.25, 0.3) is 0 Å². The first-order valence-electron chi connectivity index (χ1n) is 9.64. The van der Waals surface area contributed by atoms with E-state index in [1.165, 1.54) is 18.9 Å². The fraction of sp³-hybridized carbons (Fsp3) is 0.773. The number of hydrogen-bond acceptors (Lipinski definition) is 3. The molecule has 0 amide bonds. The first-order valence-corrected chi connectivity index (χ1v) is 9.64. The largest absolute Gasteiger partial charge is 0.458 e. The summed E-state index contributed by atoms with van der Waals surface area (Å²) in [5, 5.41) is 10.4. The highest BCUT2D eigenvalue weighted by atomic mass is 16.5. The highest BCUT2D eigenvalue weighted by molar-refractivity contribution is 5.66. The molecular weight excluding hydrogens is 312 g/mol. The molecule has 3 heteroatoms. The summed E-state index contributed by atoms with van der Waals surface area (Å²) in [7, 11) is 0. The Hall–Kier alpha value is -1.09. The Kier molecular flexibility index (Phi) is 5.59. The number of esters is 1. The van der Waals surface area contributed by atoms with Gasteiger partial charge in [-0.1, -0.05) is 38.8 Å². The van der Waals surface area contributed by atoms with E-state index in [1.807, 2.05) is 6.92 Å². The van der Waals surface area contributed by atoms with Crippen LogP contribution in [-0.4, -0.2) is 22.8 Å². The fourth-order valence-electron chi connectivity index (χ4n) is 5.72. The summed E-state index contributed by atoms with van der Waals surface area (Å²) >= 11 is 0. The van der Waals surface area contributed by atoms with Crippen molar-refractivity contribution in [2.75, 3.05) is 0 Å². The molecule has 2 aliphatic carbocycles. The van der Waals surface area contributed by atoms with Crippen LogP contribution in [-0.2, 0) is 9.53 Å². The zero-order valence-electron chi connectivity index (χ0n) is 16.9. The average molecular weight is 349 g/mol. The molecule has 1 fully saturated rings. The van der Waals surface area contributed by atoms with Gasteiger partial charge in [-0.25, -0.2) is 0 Å². The van der Waals surface area contributed by atoms with Crippen LogP contribution in [0.1, 0.15) is 73.6 Å². The van der Waals surface area contributed by atoms with Gasteiger partial charge in [-0.15, -0.1) is 6.58 Å². The quantitative estimate of drug-likeness (QED) is 0.559. The minimum Gasteiger partial charge on any atom is -0.458 e. The van der Waals surface area contributed by atoms with E-state index in [0.717, 1.165) is 19.3 Å². The maximum atomic E-state index is 11.7. The monoisotopic (exact) mass is 348 g/mol. The van der Waals surface area contributed by atoms with Crippen molar-refractivity contribution < 1.29 is 14.6 Å². The molecule has 3 nitrogen and oxygen atoms in total. The minimum absolute atomic E-state index is 0.0813. The summed E-state index contributed by atoms with van der Waals surface area (Å²) in [4.78, 5) is 11.7. The lowest BCUT2D eigenvalue weighted by Crippen LogP contribution is -2.55. The summed E-state index contributed by atoms with van der Waals surface area (Å²) in [5.74, 6) is 0.501. The van der Waals surface area contributed by atoms with Gasteiger partial charge in [-0.3, -0.25) is 4.79 Å². The van der Waals surface area contributed by atoms with Crippen molar-refractivity contribution in [2.45, 2.75) is 85.4 Å². The smallest absolute Gasteiger partial charge is 0.303 e. The third-order valence-corrected chi connectivity index (χ3v) is 6.87. The molecule has 0 spiro atoms. The predicted molar refractivity (Wildman–Crippen MR) is 102 cm³/mol. The van der Waals surface area contributed by atoms with E-state index in [9.17, 15) is 9.90 Å². The first kappa shape index (κ1) is 20.2. The highest BCUT2D eigenvalue weighted by Gasteiger charge is 2.56. The van der Waals surface area contributed by atoms with E-state index in [4.69, 9.17) is 4.74 Å². The number of carbonyl (C=O) groups is 1. The Labute approximate surface area is 153 Å². The molecule has 2 rings (SSSR count). The van der Waals surface area contributed by atoms with Crippen molar-refractivity contribution in [1.29, 1.82) is 0 Å². The summed E-state index contributed by atoms with van der Waals surface area (Å²) in [6.07, 6.45) is 8.81. The summed E-state index contributed by atoms with van der Waals surface area (Å²) in [6, 6.07) is 0. The molecule has 0 aromatic rings. The third-order valence-electron chi connectivity index (χ3n) is 6.87. The maximum absolute atomic E-state index is 11.7. The van der Waals surface area contributed by atoms with Crippen molar-refractivity contribution >= 4 is 5.97 Å². The van der Waals surface area contributed by atoms with E-state index in [0.29, 0.717) is 18.3 Å². The lowest BCUT2D eigenvalue weighted by molar-refractivity contribution is -0.161. The SMILES string of the molecule is C=CC(C)(O)CCC1C(C)=CC(OC(C)=O)C2C(C)(C)CCCC12C. The van der Waals surface area contributed by atoms with Crippen LogP contribution in [0.4, 0.5) is 0 Å². The molecule has 2 aliphatic rings. The Morgan fingerprint density at radius 2 is 2.08 bits per heavy atom. The lowest BCUT2D eigenvalue weighted by Gasteiger charge is -2.59. The van der Waals surface area contributed by atoms with Gasteiger partial charge in [0, 0.05) is 12.8 Å². The molecule has 1 saturated carbocycles. The standard InChI is InChI=1S/C22H36O3/c1-8-21(6,24)13-10-17-15(2)14-18(25-16(3)23)19-20(4,5)11-9-12-22(17,19)7/h8,14,17-19,24H,1,9-13H2,2-7H3. The number of hydrogen-bond donors (Lipinski definition) is 1. The molecule has 0 aliphatic heterocycles. The van der Waals surface area contributed by atoms with Crippen LogP contribution >= 0.6 is 0 Å². The molecule has 0 saturated heterocycles. The van der Waals surface area contributed by atoms with Gasteiger partial charge < -0.3 is 9.84 Å². The molecule has 0 aromatic heterocycles. The van der Waals surface area contributed by atoms with Crippen LogP contribution in [0.3, 0.4) is 0 Å². The second-order valence-electron chi connectivity index (χ2n) is 9.46. The number of aliphatic hydroxyl groups is 1. The van der Waals surface area contributed by atoms with Crippen LogP contribution in [0, 0.1) is 22.7 Å². The van der Waals surface area contributed by atoms with Gasteiger partial charge >= 0.3 is 5.97 Å². The fourth-order valence-corrected chi connectivity index (χ4v) is 5.72. The molecule has 0 bridgehead atoms. The minimum atomic E-state index is -0.830. The van der Waals surface area contributed by atoms with Gasteiger partial charge in [0.25, 0.3) is 0 Å². The normalized spacial score (nSPS) is 36.6. The van der Waals surface area contributed by atoms with Gasteiger partial charge in [0.05, 0.1) is 5.60 Å². The number of carbonyl (C=O) groups excluding carboxylic acids is 1.